The van der Waals surface area contributed by atoms with Crippen LogP contribution in [-0.2, 0) is 0 Å². The number of anilines is 3. The van der Waals surface area contributed by atoms with Crippen LogP contribution in [0.2, 0.25) is 0 Å². The minimum atomic E-state index is 0.897. The molecule has 43 heavy (non-hydrogen) atoms. The maximum atomic E-state index is 6.45. The van der Waals surface area contributed by atoms with Crippen LogP contribution in [0.3, 0.4) is 0 Å². The third-order valence-corrected chi connectivity index (χ3v) is 9.61. The van der Waals surface area contributed by atoms with Gasteiger partial charge in [0, 0.05) is 53.4 Å². The van der Waals surface area contributed by atoms with Crippen molar-refractivity contribution in [3.8, 4) is 11.1 Å². The van der Waals surface area contributed by atoms with Gasteiger partial charge in [-0.05, 0) is 77.2 Å². The van der Waals surface area contributed by atoms with E-state index in [2.05, 4.69) is 157 Å². The highest BCUT2D eigenvalue weighted by Crippen LogP contribution is 2.43. The van der Waals surface area contributed by atoms with Crippen LogP contribution in [-0.4, -0.2) is 0 Å². The minimum absolute atomic E-state index is 0.897. The molecule has 0 saturated carbocycles. The molecule has 0 bridgehead atoms. The van der Waals surface area contributed by atoms with Crippen LogP contribution in [0.25, 0.3) is 64.0 Å². The van der Waals surface area contributed by atoms with Crippen molar-refractivity contribution < 1.29 is 4.42 Å². The first-order chi connectivity index (χ1) is 21.3. The van der Waals surface area contributed by atoms with E-state index in [1.54, 1.807) is 0 Å². The number of fused-ring (bicyclic) bond motifs is 8. The van der Waals surface area contributed by atoms with Crippen LogP contribution in [0.4, 0.5) is 17.1 Å². The molecule has 0 aliphatic rings. The summed E-state index contributed by atoms with van der Waals surface area (Å²) in [6.45, 7) is 0. The molecule has 2 aromatic heterocycles. The van der Waals surface area contributed by atoms with Crippen LogP contribution < -0.4 is 4.90 Å². The van der Waals surface area contributed by atoms with Gasteiger partial charge >= 0.3 is 0 Å². The van der Waals surface area contributed by atoms with E-state index in [4.69, 9.17) is 4.42 Å². The molecular weight excluding hydrogens is 543 g/mol. The van der Waals surface area contributed by atoms with Gasteiger partial charge in [-0.2, -0.15) is 0 Å². The Morgan fingerprint density at radius 1 is 0.419 bits per heavy atom. The smallest absolute Gasteiger partial charge is 0.143 e. The molecule has 9 rings (SSSR count). The predicted molar refractivity (Wildman–Crippen MR) is 184 cm³/mol. The first kappa shape index (κ1) is 24.2. The standard InChI is InChI=1S/C40H25NOS/c1-2-8-26(9-3-1)27-14-17-29(18-15-27)41(31-20-23-39-36(25-31)33-12-6-7-13-38(33)43-39)30-19-22-37-35(24-30)34-21-16-28-10-4-5-11-32(28)40(34)42-37/h1-25H. The monoisotopic (exact) mass is 567 g/mol. The van der Waals surface area contributed by atoms with Crippen LogP contribution in [0.15, 0.2) is 156 Å². The third kappa shape index (κ3) is 3.93. The van der Waals surface area contributed by atoms with Crippen molar-refractivity contribution in [2.45, 2.75) is 0 Å². The summed E-state index contributed by atoms with van der Waals surface area (Å²) in [5, 5.41) is 7.16. The van der Waals surface area contributed by atoms with Crippen LogP contribution in [0.1, 0.15) is 0 Å². The summed E-state index contributed by atoms with van der Waals surface area (Å²) in [4.78, 5) is 2.36. The number of hydrogen-bond acceptors (Lipinski definition) is 3. The van der Waals surface area contributed by atoms with Crippen molar-refractivity contribution in [2.75, 3.05) is 4.90 Å². The van der Waals surface area contributed by atoms with Gasteiger partial charge in [0.05, 0.1) is 0 Å². The van der Waals surface area contributed by atoms with Crippen molar-refractivity contribution in [2.24, 2.45) is 0 Å². The number of rotatable bonds is 4. The molecule has 0 aliphatic heterocycles. The van der Waals surface area contributed by atoms with E-state index in [1.165, 1.54) is 36.7 Å². The summed E-state index contributed by atoms with van der Waals surface area (Å²) < 4.78 is 9.07. The predicted octanol–water partition coefficient (Wildman–Crippen LogP) is 12.2. The molecule has 0 radical (unpaired) electrons. The molecule has 0 atom stereocenters. The quantitative estimate of drug-likeness (QED) is 0.210. The Kier molecular flexibility index (Phi) is 5.40. The first-order valence-corrected chi connectivity index (χ1v) is 15.3. The number of thiophene rings is 1. The van der Waals surface area contributed by atoms with E-state index in [9.17, 15) is 0 Å². The Bertz CT molecular complexity index is 2450. The maximum absolute atomic E-state index is 6.45. The molecule has 0 unspecified atom stereocenters. The first-order valence-electron chi connectivity index (χ1n) is 14.5. The average Bonchev–Trinajstić information content (AvgIpc) is 3.64. The summed E-state index contributed by atoms with van der Waals surface area (Å²) in [7, 11) is 0. The van der Waals surface area contributed by atoms with Gasteiger partial charge in [-0.3, -0.25) is 0 Å². The second-order valence-electron chi connectivity index (χ2n) is 11.0. The van der Waals surface area contributed by atoms with E-state index in [1.807, 2.05) is 11.3 Å². The lowest BCUT2D eigenvalue weighted by molar-refractivity contribution is 0.672. The van der Waals surface area contributed by atoms with Crippen molar-refractivity contribution in [1.82, 2.24) is 0 Å². The number of furan rings is 1. The molecule has 2 heterocycles. The number of nitrogens with zero attached hydrogens (tertiary/aromatic N) is 1. The lowest BCUT2D eigenvalue weighted by Crippen LogP contribution is -2.09. The molecule has 9 aromatic rings. The Balaban J connectivity index is 1.25. The summed E-state index contributed by atoms with van der Waals surface area (Å²) in [5.74, 6) is 0. The molecule has 0 amide bonds. The molecule has 3 heteroatoms. The Labute approximate surface area is 252 Å². The van der Waals surface area contributed by atoms with E-state index in [0.29, 0.717) is 0 Å². The topological polar surface area (TPSA) is 16.4 Å². The Morgan fingerprint density at radius 3 is 1.93 bits per heavy atom. The van der Waals surface area contributed by atoms with Crippen molar-refractivity contribution in [3.63, 3.8) is 0 Å². The molecule has 0 N–H and O–H groups in total. The highest BCUT2D eigenvalue weighted by atomic mass is 32.1. The molecule has 202 valence electrons. The van der Waals surface area contributed by atoms with Crippen molar-refractivity contribution >= 4 is 81.3 Å². The van der Waals surface area contributed by atoms with Gasteiger partial charge in [0.1, 0.15) is 11.2 Å². The average molecular weight is 568 g/mol. The summed E-state index contributed by atoms with van der Waals surface area (Å²) in [5.41, 5.74) is 7.58. The van der Waals surface area contributed by atoms with Crippen molar-refractivity contribution in [3.05, 3.63) is 152 Å². The Morgan fingerprint density at radius 2 is 1.07 bits per heavy atom. The van der Waals surface area contributed by atoms with E-state index < -0.39 is 0 Å². The van der Waals surface area contributed by atoms with E-state index in [0.717, 1.165) is 44.4 Å². The molecule has 2 nitrogen and oxygen atoms in total. The fourth-order valence-corrected chi connectivity index (χ4v) is 7.45. The number of benzene rings is 7. The highest BCUT2D eigenvalue weighted by Gasteiger charge is 2.18. The lowest BCUT2D eigenvalue weighted by Gasteiger charge is -2.26. The third-order valence-electron chi connectivity index (χ3n) is 8.45. The zero-order valence-electron chi connectivity index (χ0n) is 23.2. The van der Waals surface area contributed by atoms with Gasteiger partial charge in [0.15, 0.2) is 0 Å². The normalized spacial score (nSPS) is 11.7. The maximum Gasteiger partial charge on any atom is 0.143 e. The van der Waals surface area contributed by atoms with Gasteiger partial charge in [-0.25, -0.2) is 0 Å². The molecule has 0 saturated heterocycles. The zero-order valence-corrected chi connectivity index (χ0v) is 24.0. The van der Waals surface area contributed by atoms with Crippen LogP contribution >= 0.6 is 11.3 Å². The summed E-state index contributed by atoms with van der Waals surface area (Å²) in [6, 6.07) is 54.3. The summed E-state index contributed by atoms with van der Waals surface area (Å²) >= 11 is 1.85. The SMILES string of the molecule is c1ccc(-c2ccc(N(c3ccc4oc5c6ccccc6ccc5c4c3)c3ccc4sc5ccccc5c4c3)cc2)cc1. The van der Waals surface area contributed by atoms with Gasteiger partial charge in [-0.1, -0.05) is 91.0 Å². The lowest BCUT2D eigenvalue weighted by atomic mass is 10.0. The molecule has 0 spiro atoms. The fourth-order valence-electron chi connectivity index (χ4n) is 6.37. The molecular formula is C40H25NOS. The minimum Gasteiger partial charge on any atom is -0.455 e. The molecule has 7 aromatic carbocycles. The molecule has 0 aliphatic carbocycles. The van der Waals surface area contributed by atoms with E-state index in [-0.39, 0.29) is 0 Å². The second-order valence-corrected chi connectivity index (χ2v) is 12.1. The molecule has 0 fully saturated rings. The van der Waals surface area contributed by atoms with Gasteiger partial charge in [0.25, 0.3) is 0 Å². The Hall–Kier alpha value is -5.38. The second kappa shape index (κ2) is 9.59. The van der Waals surface area contributed by atoms with Crippen LogP contribution in [0, 0.1) is 0 Å². The summed E-state index contributed by atoms with van der Waals surface area (Å²) in [6.07, 6.45) is 0. The highest BCUT2D eigenvalue weighted by molar-refractivity contribution is 7.25. The largest absolute Gasteiger partial charge is 0.455 e. The van der Waals surface area contributed by atoms with Gasteiger partial charge in [-0.15, -0.1) is 11.3 Å². The zero-order chi connectivity index (χ0) is 28.3. The number of hydrogen-bond donors (Lipinski definition) is 0. The van der Waals surface area contributed by atoms with Gasteiger partial charge in [0.2, 0.25) is 0 Å². The van der Waals surface area contributed by atoms with Gasteiger partial charge < -0.3 is 9.32 Å². The van der Waals surface area contributed by atoms with Crippen molar-refractivity contribution in [1.29, 1.82) is 0 Å². The van der Waals surface area contributed by atoms with E-state index >= 15 is 0 Å². The fraction of sp³-hybridized carbons (Fsp3) is 0. The van der Waals surface area contributed by atoms with Crippen LogP contribution in [0.5, 0.6) is 0 Å².